The van der Waals surface area contributed by atoms with Crippen LogP contribution >= 0.6 is 23.2 Å². The van der Waals surface area contributed by atoms with Gasteiger partial charge in [0, 0.05) is 39.2 Å². The third kappa shape index (κ3) is 5.55. The summed E-state index contributed by atoms with van der Waals surface area (Å²) in [5, 5.41) is 25.5. The number of pyridine rings is 1. The maximum Gasteiger partial charge on any atom is 0.203 e. The molecule has 188 valence electrons. The highest BCUT2D eigenvalue weighted by molar-refractivity contribution is 6.32. The van der Waals surface area contributed by atoms with E-state index in [1.807, 2.05) is 6.07 Å². The molecule has 37 heavy (non-hydrogen) atoms. The second-order valence-corrected chi connectivity index (χ2v) is 10.2. The lowest BCUT2D eigenvalue weighted by molar-refractivity contribution is -0.614. The number of Topliss-reactive ketones (excluding diaryl/α,β-unsaturated/α-hetero) is 2. The zero-order valence-corrected chi connectivity index (χ0v) is 21.5. The van der Waals surface area contributed by atoms with Crippen LogP contribution in [0, 0.1) is 11.1 Å². The highest BCUT2D eigenvalue weighted by atomic mass is 35.5. The second kappa shape index (κ2) is 10.4. The fourth-order valence-electron chi connectivity index (χ4n) is 4.46. The molecule has 0 N–H and O–H groups in total. The van der Waals surface area contributed by atoms with E-state index in [9.17, 15) is 14.8 Å². The molecule has 0 amide bonds. The first-order valence-electron chi connectivity index (χ1n) is 11.9. The standard InChI is InChI=1S/C27H23Cl2N5O3/c1-16(35)18-4-5-19(24(29)11-18)12-27(36)23(10-17-2-3-17)26-8-6-20(14-34(26)37)22-13-21(28)7-9-25(22)33-15-30-31-32-33/h4-9,11,13-15,17,23H,2-3,10,12H2,1H3. The maximum absolute atomic E-state index is 13.5. The number of hydrogen-bond donors (Lipinski definition) is 0. The zero-order valence-electron chi connectivity index (χ0n) is 20.0. The number of carbonyl (C=O) groups is 2. The number of rotatable bonds is 9. The van der Waals surface area contributed by atoms with E-state index >= 15 is 0 Å². The topological polar surface area (TPSA) is 105 Å². The van der Waals surface area contributed by atoms with E-state index < -0.39 is 5.92 Å². The Morgan fingerprint density at radius 3 is 2.59 bits per heavy atom. The summed E-state index contributed by atoms with van der Waals surface area (Å²) in [6, 6.07) is 13.7. The lowest BCUT2D eigenvalue weighted by Gasteiger charge is -2.17. The highest BCUT2D eigenvalue weighted by Crippen LogP contribution is 2.39. The van der Waals surface area contributed by atoms with Gasteiger partial charge in [0.1, 0.15) is 12.2 Å². The summed E-state index contributed by atoms with van der Waals surface area (Å²) >= 11 is 12.6. The Bertz CT molecular complexity index is 1490. The fourth-order valence-corrected chi connectivity index (χ4v) is 4.88. The number of tetrazole rings is 1. The van der Waals surface area contributed by atoms with E-state index in [-0.39, 0.29) is 18.0 Å². The third-order valence-electron chi connectivity index (χ3n) is 6.65. The van der Waals surface area contributed by atoms with Crippen molar-refractivity contribution in [2.75, 3.05) is 0 Å². The van der Waals surface area contributed by atoms with Crippen molar-refractivity contribution in [1.29, 1.82) is 0 Å². The van der Waals surface area contributed by atoms with Gasteiger partial charge in [-0.3, -0.25) is 9.59 Å². The molecule has 0 aliphatic heterocycles. The van der Waals surface area contributed by atoms with Crippen molar-refractivity contribution in [3.8, 4) is 16.8 Å². The summed E-state index contributed by atoms with van der Waals surface area (Å²) in [5.74, 6) is -0.329. The molecule has 1 aliphatic carbocycles. The van der Waals surface area contributed by atoms with Gasteiger partial charge in [-0.25, -0.2) is 0 Å². The summed E-state index contributed by atoms with van der Waals surface area (Å²) in [6.45, 7) is 1.47. The minimum absolute atomic E-state index is 0.0773. The van der Waals surface area contributed by atoms with E-state index in [2.05, 4.69) is 15.5 Å². The number of carbonyl (C=O) groups excluding carboxylic acids is 2. The molecule has 4 aromatic rings. The first-order valence-corrected chi connectivity index (χ1v) is 12.6. The summed E-state index contributed by atoms with van der Waals surface area (Å²) in [4.78, 5) is 25.1. The van der Waals surface area contributed by atoms with Gasteiger partial charge in [-0.2, -0.15) is 9.41 Å². The van der Waals surface area contributed by atoms with Gasteiger partial charge in [0.05, 0.1) is 5.69 Å². The van der Waals surface area contributed by atoms with Gasteiger partial charge in [-0.1, -0.05) is 48.2 Å². The van der Waals surface area contributed by atoms with Crippen LogP contribution in [0.5, 0.6) is 0 Å². The molecule has 0 saturated heterocycles. The zero-order chi connectivity index (χ0) is 26.1. The van der Waals surface area contributed by atoms with Gasteiger partial charge >= 0.3 is 0 Å². The molecule has 0 spiro atoms. The Labute approximate surface area is 223 Å². The normalized spacial score (nSPS) is 13.9. The predicted molar refractivity (Wildman–Crippen MR) is 139 cm³/mol. The molecule has 8 nitrogen and oxygen atoms in total. The van der Waals surface area contributed by atoms with Crippen LogP contribution in [0.15, 0.2) is 61.1 Å². The van der Waals surface area contributed by atoms with Gasteiger partial charge in [0.15, 0.2) is 17.8 Å². The number of halogens is 2. The molecule has 1 saturated carbocycles. The highest BCUT2D eigenvalue weighted by Gasteiger charge is 2.35. The van der Waals surface area contributed by atoms with Gasteiger partial charge in [-0.15, -0.1) is 5.10 Å². The molecule has 0 radical (unpaired) electrons. The first-order chi connectivity index (χ1) is 17.8. The number of aromatic nitrogens is 5. The van der Waals surface area contributed by atoms with Crippen LogP contribution in [0.4, 0.5) is 0 Å². The number of ketones is 2. The molecular weight excluding hydrogens is 513 g/mol. The number of nitrogens with zero attached hydrogens (tertiary/aromatic N) is 5. The molecule has 2 heterocycles. The van der Waals surface area contributed by atoms with E-state index in [1.165, 1.54) is 24.1 Å². The summed E-state index contributed by atoms with van der Waals surface area (Å²) in [5.41, 5.74) is 3.48. The average Bonchev–Trinajstić information content (AvgIpc) is 3.53. The quantitative estimate of drug-likeness (QED) is 0.166. The maximum atomic E-state index is 13.5. The van der Waals surface area contributed by atoms with Crippen molar-refractivity contribution in [2.24, 2.45) is 5.92 Å². The lowest BCUT2D eigenvalue weighted by atomic mass is 9.89. The lowest BCUT2D eigenvalue weighted by Crippen LogP contribution is -2.36. The molecular formula is C27H23Cl2N5O3. The minimum Gasteiger partial charge on any atom is -0.618 e. The Kier molecular flexibility index (Phi) is 7.04. The smallest absolute Gasteiger partial charge is 0.203 e. The number of hydrogen-bond acceptors (Lipinski definition) is 6. The van der Waals surface area contributed by atoms with E-state index in [4.69, 9.17) is 23.2 Å². The molecule has 1 unspecified atom stereocenters. The van der Waals surface area contributed by atoms with Crippen molar-refractivity contribution >= 4 is 34.8 Å². The molecule has 2 aromatic heterocycles. The monoisotopic (exact) mass is 535 g/mol. The predicted octanol–water partition coefficient (Wildman–Crippen LogP) is 5.17. The van der Waals surface area contributed by atoms with Crippen LogP contribution < -0.4 is 4.73 Å². The minimum atomic E-state index is -0.569. The largest absolute Gasteiger partial charge is 0.618 e. The molecule has 0 bridgehead atoms. The van der Waals surface area contributed by atoms with Crippen LogP contribution in [0.1, 0.15) is 53.7 Å². The van der Waals surface area contributed by atoms with Crippen molar-refractivity contribution in [1.82, 2.24) is 20.2 Å². The molecule has 1 fully saturated rings. The average molecular weight is 536 g/mol. The van der Waals surface area contributed by atoms with Crippen LogP contribution in [0.3, 0.4) is 0 Å². The van der Waals surface area contributed by atoms with Gasteiger partial charge in [-0.05, 0) is 65.6 Å². The molecule has 5 rings (SSSR count). The van der Waals surface area contributed by atoms with Crippen LogP contribution in [0.25, 0.3) is 16.8 Å². The van der Waals surface area contributed by atoms with Gasteiger partial charge in [0.2, 0.25) is 5.69 Å². The van der Waals surface area contributed by atoms with Crippen molar-refractivity contribution < 1.29 is 14.3 Å². The molecule has 2 aromatic carbocycles. The van der Waals surface area contributed by atoms with Gasteiger partial charge < -0.3 is 5.21 Å². The Balaban J connectivity index is 1.46. The summed E-state index contributed by atoms with van der Waals surface area (Å²) < 4.78 is 2.26. The van der Waals surface area contributed by atoms with Crippen molar-refractivity contribution in [3.05, 3.63) is 93.1 Å². The number of benzene rings is 2. The third-order valence-corrected chi connectivity index (χ3v) is 7.23. The first kappa shape index (κ1) is 25.0. The molecule has 10 heteroatoms. The van der Waals surface area contributed by atoms with Crippen molar-refractivity contribution in [3.63, 3.8) is 0 Å². The van der Waals surface area contributed by atoms with E-state index in [1.54, 1.807) is 42.5 Å². The van der Waals surface area contributed by atoms with E-state index in [0.29, 0.717) is 56.0 Å². The Hall–Kier alpha value is -3.62. The Morgan fingerprint density at radius 1 is 1.14 bits per heavy atom. The fraction of sp³-hybridized carbons (Fsp3) is 0.259. The van der Waals surface area contributed by atoms with E-state index in [0.717, 1.165) is 17.6 Å². The second-order valence-electron chi connectivity index (χ2n) is 9.32. The van der Waals surface area contributed by atoms with Crippen LogP contribution in [-0.2, 0) is 11.2 Å². The van der Waals surface area contributed by atoms with Crippen LogP contribution in [-0.4, -0.2) is 31.8 Å². The Morgan fingerprint density at radius 2 is 1.95 bits per heavy atom. The van der Waals surface area contributed by atoms with Crippen molar-refractivity contribution in [2.45, 2.75) is 38.5 Å². The SMILES string of the molecule is CC(=O)c1ccc(CC(=O)C(CC2CC2)c2ccc(-c3cc(Cl)ccc3-n3cnnn3)c[n+]2[O-])c(Cl)c1. The van der Waals surface area contributed by atoms with Gasteiger partial charge in [0.25, 0.3) is 0 Å². The molecule has 1 atom stereocenters. The van der Waals surface area contributed by atoms with Crippen LogP contribution in [0.2, 0.25) is 10.0 Å². The molecule has 1 aliphatic rings. The summed E-state index contributed by atoms with van der Waals surface area (Å²) in [6.07, 6.45) is 5.70. The summed E-state index contributed by atoms with van der Waals surface area (Å²) in [7, 11) is 0.